The highest BCUT2D eigenvalue weighted by molar-refractivity contribution is 8.03. The van der Waals surface area contributed by atoms with Crippen molar-refractivity contribution in [2.75, 3.05) is 31.5 Å². The van der Waals surface area contributed by atoms with E-state index in [2.05, 4.69) is 15.5 Å². The number of carbonyl (C=O) groups excluding carboxylic acids is 1. The number of aromatic nitrogens is 2. The monoisotopic (exact) mass is 357 g/mol. The molecule has 0 saturated carbocycles. The zero-order valence-corrected chi connectivity index (χ0v) is 14.7. The number of rotatable bonds is 7. The van der Waals surface area contributed by atoms with Gasteiger partial charge >= 0.3 is 0 Å². The van der Waals surface area contributed by atoms with Crippen LogP contribution in [-0.4, -0.2) is 42.3 Å². The molecule has 1 aromatic carbocycles. The number of methoxy groups -OCH3 is 2. The fourth-order valence-electron chi connectivity index (χ4n) is 1.55. The van der Waals surface area contributed by atoms with Crippen molar-refractivity contribution in [3.8, 4) is 11.5 Å². The van der Waals surface area contributed by atoms with E-state index in [9.17, 15) is 4.79 Å². The number of nitrogens with one attached hydrogen (secondary N) is 1. The average Bonchev–Trinajstić information content (AvgIpc) is 3.01. The summed E-state index contributed by atoms with van der Waals surface area (Å²) < 4.78 is 12.0. The van der Waals surface area contributed by atoms with Crippen LogP contribution in [0.2, 0.25) is 0 Å². The van der Waals surface area contributed by atoms with Gasteiger partial charge in [-0.3, -0.25) is 4.79 Å². The van der Waals surface area contributed by atoms with Gasteiger partial charge in [0.15, 0.2) is 8.68 Å². The lowest BCUT2D eigenvalue weighted by molar-refractivity contribution is -0.113. The first-order chi connectivity index (χ1) is 10.7. The summed E-state index contributed by atoms with van der Waals surface area (Å²) in [5.74, 6) is 1.36. The van der Waals surface area contributed by atoms with E-state index in [0.717, 1.165) is 8.68 Å². The highest BCUT2D eigenvalue weighted by Gasteiger charge is 2.11. The molecule has 0 spiro atoms. The van der Waals surface area contributed by atoms with Crippen molar-refractivity contribution in [2.45, 2.75) is 8.68 Å². The lowest BCUT2D eigenvalue weighted by Gasteiger charge is -2.11. The second-order valence-electron chi connectivity index (χ2n) is 3.94. The molecule has 1 aromatic heterocycles. The molecule has 2 aromatic rings. The van der Waals surface area contributed by atoms with Crippen molar-refractivity contribution >= 4 is 46.5 Å². The molecule has 1 N–H and O–H groups in total. The standard InChI is InChI=1S/C13H15N3O3S3/c1-18-8-4-5-9(10(6-8)19-2)14-11(17)7-21-13-16-15-12(20-3)22-13/h4-6H,7H2,1-3H3,(H,14,17). The topological polar surface area (TPSA) is 73.3 Å². The van der Waals surface area contributed by atoms with E-state index in [1.165, 1.54) is 34.9 Å². The summed E-state index contributed by atoms with van der Waals surface area (Å²) in [6, 6.07) is 5.23. The molecule has 9 heteroatoms. The van der Waals surface area contributed by atoms with Crippen LogP contribution in [0.4, 0.5) is 5.69 Å². The maximum Gasteiger partial charge on any atom is 0.234 e. The van der Waals surface area contributed by atoms with Gasteiger partial charge in [-0.05, 0) is 18.4 Å². The second-order valence-corrected chi connectivity index (χ2v) is 7.19. The number of nitrogens with zero attached hydrogens (tertiary/aromatic N) is 2. The van der Waals surface area contributed by atoms with Crippen molar-refractivity contribution in [2.24, 2.45) is 0 Å². The van der Waals surface area contributed by atoms with Crippen LogP contribution in [0, 0.1) is 0 Å². The van der Waals surface area contributed by atoms with E-state index in [1.54, 1.807) is 32.4 Å². The number of amides is 1. The molecule has 22 heavy (non-hydrogen) atoms. The van der Waals surface area contributed by atoms with Gasteiger partial charge in [0.2, 0.25) is 5.91 Å². The summed E-state index contributed by atoms with van der Waals surface area (Å²) in [5.41, 5.74) is 0.607. The van der Waals surface area contributed by atoms with Crippen LogP contribution in [0.1, 0.15) is 0 Å². The molecular weight excluding hydrogens is 342 g/mol. The van der Waals surface area contributed by atoms with Gasteiger partial charge in [-0.1, -0.05) is 34.9 Å². The number of thioether (sulfide) groups is 2. The van der Waals surface area contributed by atoms with E-state index in [4.69, 9.17) is 9.47 Å². The largest absolute Gasteiger partial charge is 0.497 e. The SMILES string of the molecule is COc1ccc(NC(=O)CSc2nnc(SC)s2)c(OC)c1. The first-order valence-corrected chi connectivity index (χ1v) is 9.21. The number of ether oxygens (including phenoxy) is 2. The van der Waals surface area contributed by atoms with Crippen LogP contribution >= 0.6 is 34.9 Å². The van der Waals surface area contributed by atoms with Crippen molar-refractivity contribution in [3.05, 3.63) is 18.2 Å². The van der Waals surface area contributed by atoms with E-state index in [1.807, 2.05) is 6.26 Å². The van der Waals surface area contributed by atoms with Crippen LogP contribution in [0.3, 0.4) is 0 Å². The van der Waals surface area contributed by atoms with Gasteiger partial charge in [0.1, 0.15) is 11.5 Å². The lowest BCUT2D eigenvalue weighted by Crippen LogP contribution is -2.14. The summed E-state index contributed by atoms with van der Waals surface area (Å²) >= 11 is 4.37. The van der Waals surface area contributed by atoms with Gasteiger partial charge in [-0.25, -0.2) is 0 Å². The summed E-state index contributed by atoms with van der Waals surface area (Å²) in [6.45, 7) is 0. The number of anilines is 1. The fraction of sp³-hybridized carbons (Fsp3) is 0.308. The van der Waals surface area contributed by atoms with E-state index >= 15 is 0 Å². The molecule has 0 saturated heterocycles. The molecule has 0 radical (unpaired) electrons. The Morgan fingerprint density at radius 2 is 2.05 bits per heavy atom. The highest BCUT2D eigenvalue weighted by atomic mass is 32.2. The molecule has 0 aliphatic rings. The minimum absolute atomic E-state index is 0.130. The summed E-state index contributed by atoms with van der Waals surface area (Å²) in [5, 5.41) is 10.8. The molecule has 0 aliphatic heterocycles. The third kappa shape index (κ3) is 4.52. The van der Waals surface area contributed by atoms with Crippen molar-refractivity contribution in [1.29, 1.82) is 0 Å². The number of hydrogen-bond acceptors (Lipinski definition) is 8. The zero-order chi connectivity index (χ0) is 15.9. The third-order valence-electron chi connectivity index (χ3n) is 2.57. The number of hydrogen-bond donors (Lipinski definition) is 1. The Bertz CT molecular complexity index is 648. The number of benzene rings is 1. The zero-order valence-electron chi connectivity index (χ0n) is 12.3. The van der Waals surface area contributed by atoms with Crippen LogP contribution in [0.15, 0.2) is 26.9 Å². The normalized spacial score (nSPS) is 10.3. The quantitative estimate of drug-likeness (QED) is 0.764. The number of carbonyl (C=O) groups is 1. The van der Waals surface area contributed by atoms with Crippen molar-refractivity contribution < 1.29 is 14.3 Å². The molecule has 6 nitrogen and oxygen atoms in total. The van der Waals surface area contributed by atoms with Gasteiger partial charge in [0.25, 0.3) is 0 Å². The summed E-state index contributed by atoms with van der Waals surface area (Å²) in [6.07, 6.45) is 1.94. The van der Waals surface area contributed by atoms with Gasteiger partial charge < -0.3 is 14.8 Å². The molecule has 0 bridgehead atoms. The van der Waals surface area contributed by atoms with E-state index in [0.29, 0.717) is 17.2 Å². The average molecular weight is 357 g/mol. The molecule has 0 fully saturated rings. The van der Waals surface area contributed by atoms with Gasteiger partial charge in [-0.15, -0.1) is 10.2 Å². The molecular formula is C13H15N3O3S3. The molecule has 1 heterocycles. The highest BCUT2D eigenvalue weighted by Crippen LogP contribution is 2.30. The van der Waals surface area contributed by atoms with Crippen molar-refractivity contribution in [3.63, 3.8) is 0 Å². The van der Waals surface area contributed by atoms with E-state index in [-0.39, 0.29) is 11.7 Å². The third-order valence-corrected chi connectivity index (χ3v) is 5.60. The summed E-state index contributed by atoms with van der Waals surface area (Å²) in [7, 11) is 3.12. The van der Waals surface area contributed by atoms with E-state index < -0.39 is 0 Å². The Morgan fingerprint density at radius 1 is 1.27 bits per heavy atom. The van der Waals surface area contributed by atoms with Crippen LogP contribution in [-0.2, 0) is 4.79 Å². The Labute approximate surface area is 141 Å². The summed E-state index contributed by atoms with van der Waals surface area (Å²) in [4.78, 5) is 12.0. The molecule has 2 rings (SSSR count). The van der Waals surface area contributed by atoms with Crippen LogP contribution < -0.4 is 14.8 Å². The minimum Gasteiger partial charge on any atom is -0.497 e. The first-order valence-electron chi connectivity index (χ1n) is 6.18. The maximum absolute atomic E-state index is 12.0. The Hall–Kier alpha value is -1.45. The van der Waals surface area contributed by atoms with Crippen LogP contribution in [0.25, 0.3) is 0 Å². The Balaban J connectivity index is 1.94. The molecule has 0 atom stereocenters. The predicted molar refractivity (Wildman–Crippen MR) is 90.6 cm³/mol. The molecule has 0 aliphatic carbocycles. The molecule has 118 valence electrons. The van der Waals surface area contributed by atoms with Crippen LogP contribution in [0.5, 0.6) is 11.5 Å². The smallest absolute Gasteiger partial charge is 0.234 e. The Kier molecular flexibility index (Phi) is 6.34. The van der Waals surface area contributed by atoms with Crippen molar-refractivity contribution in [1.82, 2.24) is 10.2 Å². The maximum atomic E-state index is 12.0. The lowest BCUT2D eigenvalue weighted by atomic mass is 10.2. The predicted octanol–water partition coefficient (Wildman–Crippen LogP) is 3.01. The first kappa shape index (κ1) is 16.9. The fourth-order valence-corrected chi connectivity index (χ4v) is 3.79. The minimum atomic E-state index is -0.130. The molecule has 0 unspecified atom stereocenters. The van der Waals surface area contributed by atoms with Gasteiger partial charge in [-0.2, -0.15) is 0 Å². The van der Waals surface area contributed by atoms with Gasteiger partial charge in [0.05, 0.1) is 25.7 Å². The molecule has 1 amide bonds. The second kappa shape index (κ2) is 8.25. The Morgan fingerprint density at radius 3 is 2.68 bits per heavy atom. The van der Waals surface area contributed by atoms with Gasteiger partial charge in [0, 0.05) is 6.07 Å².